The van der Waals surface area contributed by atoms with Crippen molar-refractivity contribution in [1.82, 2.24) is 14.9 Å². The second kappa shape index (κ2) is 8.96. The highest BCUT2D eigenvalue weighted by Gasteiger charge is 2.27. The molecule has 1 aromatic heterocycles. The first-order chi connectivity index (χ1) is 12.7. The van der Waals surface area contributed by atoms with Crippen molar-refractivity contribution >= 4 is 0 Å². The molecular formula is C20H27N3O3. The summed E-state index contributed by atoms with van der Waals surface area (Å²) >= 11 is 0. The van der Waals surface area contributed by atoms with Gasteiger partial charge in [0.1, 0.15) is 5.82 Å². The van der Waals surface area contributed by atoms with E-state index in [4.69, 9.17) is 14.2 Å². The standard InChI is InChI=1S/C20H27N3O3/c1-24-10-8-20-21-12-15(13-22-20)14-23-9-4-5-17(23)16-6-7-18(25-2)19(11-16)26-3/h6-7,11-13,17H,4-5,8-10,14H2,1-3H3/t17-/m0/s1. The number of rotatable bonds is 8. The van der Waals surface area contributed by atoms with E-state index in [9.17, 15) is 0 Å². The van der Waals surface area contributed by atoms with E-state index in [0.717, 1.165) is 48.8 Å². The molecule has 0 aliphatic carbocycles. The van der Waals surface area contributed by atoms with Gasteiger partial charge in [0.15, 0.2) is 11.5 Å². The number of hydrogen-bond donors (Lipinski definition) is 0. The fraction of sp³-hybridized carbons (Fsp3) is 0.500. The van der Waals surface area contributed by atoms with Crippen LogP contribution < -0.4 is 9.47 Å². The Morgan fingerprint density at radius 3 is 2.54 bits per heavy atom. The summed E-state index contributed by atoms with van der Waals surface area (Å²) in [6.07, 6.45) is 6.94. The lowest BCUT2D eigenvalue weighted by atomic mass is 10.0. The SMILES string of the molecule is COCCc1ncc(CN2CCC[C@H]2c2ccc(OC)c(OC)c2)cn1. The maximum absolute atomic E-state index is 5.46. The summed E-state index contributed by atoms with van der Waals surface area (Å²) in [4.78, 5) is 11.4. The Bertz CT molecular complexity index is 706. The van der Waals surface area contributed by atoms with Crippen molar-refractivity contribution in [3.05, 3.63) is 47.5 Å². The Hall–Kier alpha value is -2.18. The van der Waals surface area contributed by atoms with Crippen molar-refractivity contribution in [3.8, 4) is 11.5 Å². The Morgan fingerprint density at radius 1 is 1.08 bits per heavy atom. The molecule has 1 saturated heterocycles. The first-order valence-corrected chi connectivity index (χ1v) is 9.00. The Morgan fingerprint density at radius 2 is 1.85 bits per heavy atom. The van der Waals surface area contributed by atoms with Gasteiger partial charge in [0.25, 0.3) is 0 Å². The molecule has 26 heavy (non-hydrogen) atoms. The van der Waals surface area contributed by atoms with Crippen molar-refractivity contribution < 1.29 is 14.2 Å². The summed E-state index contributed by atoms with van der Waals surface area (Å²) in [5.41, 5.74) is 2.40. The largest absolute Gasteiger partial charge is 0.493 e. The average Bonchev–Trinajstić information content (AvgIpc) is 3.15. The monoisotopic (exact) mass is 357 g/mol. The van der Waals surface area contributed by atoms with E-state index in [0.29, 0.717) is 12.6 Å². The number of nitrogens with zero attached hydrogens (tertiary/aromatic N) is 3. The van der Waals surface area contributed by atoms with Crippen LogP contribution in [0.1, 0.15) is 35.8 Å². The maximum Gasteiger partial charge on any atom is 0.161 e. The average molecular weight is 357 g/mol. The summed E-state index contributed by atoms with van der Waals surface area (Å²) in [7, 11) is 5.03. The smallest absolute Gasteiger partial charge is 0.161 e. The Labute approximate surface area is 155 Å². The summed E-state index contributed by atoms with van der Waals surface area (Å²) in [6.45, 7) is 2.57. The minimum Gasteiger partial charge on any atom is -0.493 e. The zero-order chi connectivity index (χ0) is 18.4. The molecule has 6 nitrogen and oxygen atoms in total. The fourth-order valence-corrected chi connectivity index (χ4v) is 3.47. The van der Waals surface area contributed by atoms with Gasteiger partial charge in [-0.3, -0.25) is 4.90 Å². The van der Waals surface area contributed by atoms with Gasteiger partial charge in [-0.15, -0.1) is 0 Å². The van der Waals surface area contributed by atoms with E-state index in [2.05, 4.69) is 27.0 Å². The normalized spacial score (nSPS) is 17.4. The summed E-state index contributed by atoms with van der Waals surface area (Å²) < 4.78 is 15.9. The first kappa shape index (κ1) is 18.6. The molecular weight excluding hydrogens is 330 g/mol. The second-order valence-corrected chi connectivity index (χ2v) is 6.49. The van der Waals surface area contributed by atoms with Gasteiger partial charge in [-0.25, -0.2) is 9.97 Å². The number of benzene rings is 1. The molecule has 3 rings (SSSR count). The number of methoxy groups -OCH3 is 3. The zero-order valence-corrected chi connectivity index (χ0v) is 15.8. The van der Waals surface area contributed by atoms with Crippen LogP contribution in [-0.2, 0) is 17.7 Å². The third kappa shape index (κ3) is 4.31. The van der Waals surface area contributed by atoms with Crippen LogP contribution in [0.15, 0.2) is 30.6 Å². The van der Waals surface area contributed by atoms with Gasteiger partial charge >= 0.3 is 0 Å². The number of ether oxygens (including phenoxy) is 3. The lowest BCUT2D eigenvalue weighted by molar-refractivity contribution is 0.200. The van der Waals surface area contributed by atoms with Crippen LogP contribution in [0.3, 0.4) is 0 Å². The van der Waals surface area contributed by atoms with Crippen molar-refractivity contribution in [2.75, 3.05) is 34.5 Å². The third-order valence-corrected chi connectivity index (χ3v) is 4.83. The van der Waals surface area contributed by atoms with Crippen LogP contribution >= 0.6 is 0 Å². The molecule has 140 valence electrons. The molecule has 0 saturated carbocycles. The number of hydrogen-bond acceptors (Lipinski definition) is 6. The molecule has 0 radical (unpaired) electrons. The molecule has 1 fully saturated rings. The van der Waals surface area contributed by atoms with Crippen LogP contribution in [0.4, 0.5) is 0 Å². The molecule has 1 atom stereocenters. The first-order valence-electron chi connectivity index (χ1n) is 9.00. The van der Waals surface area contributed by atoms with Gasteiger partial charge in [0.05, 0.1) is 20.8 Å². The fourth-order valence-electron chi connectivity index (χ4n) is 3.47. The summed E-state index contributed by atoms with van der Waals surface area (Å²) in [6, 6.07) is 6.59. The minimum atomic E-state index is 0.378. The van der Waals surface area contributed by atoms with Gasteiger partial charge in [0.2, 0.25) is 0 Å². The van der Waals surface area contributed by atoms with Gasteiger partial charge in [-0.2, -0.15) is 0 Å². The quantitative estimate of drug-likeness (QED) is 0.724. The highest BCUT2D eigenvalue weighted by molar-refractivity contribution is 5.44. The van der Waals surface area contributed by atoms with Gasteiger partial charge < -0.3 is 14.2 Å². The van der Waals surface area contributed by atoms with Crippen LogP contribution in [0.2, 0.25) is 0 Å². The van der Waals surface area contributed by atoms with Crippen molar-refractivity contribution in [3.63, 3.8) is 0 Å². The summed E-state index contributed by atoms with van der Waals surface area (Å²) in [5, 5.41) is 0. The van der Waals surface area contributed by atoms with E-state index < -0.39 is 0 Å². The predicted molar refractivity (Wildman–Crippen MR) is 99.5 cm³/mol. The van der Waals surface area contributed by atoms with E-state index in [-0.39, 0.29) is 0 Å². The highest BCUT2D eigenvalue weighted by Crippen LogP contribution is 2.37. The molecule has 0 unspecified atom stereocenters. The predicted octanol–water partition coefficient (Wildman–Crippen LogP) is 3.02. The van der Waals surface area contributed by atoms with E-state index in [1.54, 1.807) is 21.3 Å². The maximum atomic E-state index is 5.46. The molecule has 0 N–H and O–H groups in total. The number of aromatic nitrogens is 2. The zero-order valence-electron chi connectivity index (χ0n) is 15.8. The van der Waals surface area contributed by atoms with Gasteiger partial charge in [-0.1, -0.05) is 6.07 Å². The lowest BCUT2D eigenvalue weighted by Crippen LogP contribution is -2.23. The van der Waals surface area contributed by atoms with Crippen LogP contribution in [0, 0.1) is 0 Å². The number of likely N-dealkylation sites (tertiary alicyclic amines) is 1. The second-order valence-electron chi connectivity index (χ2n) is 6.49. The molecule has 0 spiro atoms. The molecule has 1 aromatic carbocycles. The Balaban J connectivity index is 1.70. The van der Waals surface area contributed by atoms with Crippen LogP contribution in [-0.4, -0.2) is 49.3 Å². The molecule has 1 aliphatic heterocycles. The van der Waals surface area contributed by atoms with Gasteiger partial charge in [0, 0.05) is 44.1 Å². The van der Waals surface area contributed by atoms with Gasteiger partial charge in [-0.05, 0) is 37.1 Å². The van der Waals surface area contributed by atoms with Crippen molar-refractivity contribution in [1.29, 1.82) is 0 Å². The topological polar surface area (TPSA) is 56.7 Å². The van der Waals surface area contributed by atoms with E-state index in [1.807, 2.05) is 18.5 Å². The molecule has 2 heterocycles. The molecule has 6 heteroatoms. The van der Waals surface area contributed by atoms with E-state index >= 15 is 0 Å². The third-order valence-electron chi connectivity index (χ3n) is 4.83. The minimum absolute atomic E-state index is 0.378. The lowest BCUT2D eigenvalue weighted by Gasteiger charge is -2.25. The van der Waals surface area contributed by atoms with Crippen LogP contribution in [0.5, 0.6) is 11.5 Å². The molecule has 2 aromatic rings. The van der Waals surface area contributed by atoms with Crippen LogP contribution in [0.25, 0.3) is 0 Å². The Kier molecular flexibility index (Phi) is 6.41. The summed E-state index contributed by atoms with van der Waals surface area (Å²) in [5.74, 6) is 2.37. The van der Waals surface area contributed by atoms with Crippen molar-refractivity contribution in [2.45, 2.75) is 31.8 Å². The molecule has 1 aliphatic rings. The highest BCUT2D eigenvalue weighted by atomic mass is 16.5. The molecule has 0 amide bonds. The van der Waals surface area contributed by atoms with Crippen molar-refractivity contribution in [2.24, 2.45) is 0 Å². The molecule has 0 bridgehead atoms. The van der Waals surface area contributed by atoms with E-state index in [1.165, 1.54) is 12.0 Å².